The second kappa shape index (κ2) is 13.8. The fraction of sp³-hybridized carbons (Fsp3) is 0.607. The molecule has 1 N–H and O–H groups in total. The molecule has 1 amide bonds. The second-order valence-corrected chi connectivity index (χ2v) is 17.0. The summed E-state index contributed by atoms with van der Waals surface area (Å²) in [5, 5.41) is 0.578. The Morgan fingerprint density at radius 3 is 2.47 bits per heavy atom. The summed E-state index contributed by atoms with van der Waals surface area (Å²) in [4.78, 5) is 20.1. The number of nitrogens with zero attached hydrogens (tertiary/aromatic N) is 2. The third kappa shape index (κ3) is 7.28. The Hall–Kier alpha value is -1.62. The van der Waals surface area contributed by atoms with Crippen LogP contribution < -0.4 is 5.48 Å². The van der Waals surface area contributed by atoms with Crippen LogP contribution >= 0.6 is 22.9 Å². The SMILES string of the molecule is COC1CCN(S(=O)(=O)N2CCC(CC(=O)NOC3CCCCO3)(c3ccc(-c4ccc(Cl)cc4)s3)S(=O)(=O)CC2)CC1. The van der Waals surface area contributed by atoms with Crippen LogP contribution in [0.15, 0.2) is 36.4 Å². The van der Waals surface area contributed by atoms with Crippen molar-refractivity contribution in [3.63, 3.8) is 0 Å². The summed E-state index contributed by atoms with van der Waals surface area (Å²) < 4.78 is 67.6. The average molecular weight is 676 g/mol. The Labute approximate surface area is 262 Å². The first-order chi connectivity index (χ1) is 20.5. The van der Waals surface area contributed by atoms with Crippen LogP contribution in [0, 0.1) is 0 Å². The summed E-state index contributed by atoms with van der Waals surface area (Å²) in [6.07, 6.45) is 2.46. The van der Waals surface area contributed by atoms with E-state index in [1.165, 1.54) is 19.9 Å². The Bertz CT molecular complexity index is 1470. The minimum Gasteiger partial charge on any atom is -0.381 e. The van der Waals surface area contributed by atoms with Crippen molar-refractivity contribution in [2.45, 2.75) is 62.1 Å². The number of rotatable bonds is 9. The molecule has 238 valence electrons. The lowest BCUT2D eigenvalue weighted by molar-refractivity contribution is -0.200. The molecule has 3 fully saturated rings. The molecule has 5 rings (SSSR count). The van der Waals surface area contributed by atoms with E-state index in [-0.39, 0.29) is 25.6 Å². The van der Waals surface area contributed by atoms with E-state index in [9.17, 15) is 21.6 Å². The van der Waals surface area contributed by atoms with Crippen LogP contribution in [0.4, 0.5) is 0 Å². The van der Waals surface area contributed by atoms with Gasteiger partial charge in [-0.1, -0.05) is 23.7 Å². The van der Waals surface area contributed by atoms with Gasteiger partial charge in [-0.15, -0.1) is 11.3 Å². The average Bonchev–Trinajstić information content (AvgIpc) is 3.46. The molecule has 15 heteroatoms. The van der Waals surface area contributed by atoms with Crippen LogP contribution in [0.1, 0.15) is 49.8 Å². The number of hydrogen-bond donors (Lipinski definition) is 1. The Morgan fingerprint density at radius 1 is 1.07 bits per heavy atom. The van der Waals surface area contributed by atoms with E-state index in [0.29, 0.717) is 48.9 Å². The van der Waals surface area contributed by atoms with E-state index in [0.717, 1.165) is 23.3 Å². The van der Waals surface area contributed by atoms with E-state index in [1.807, 2.05) is 18.2 Å². The topological polar surface area (TPSA) is 132 Å². The van der Waals surface area contributed by atoms with E-state index in [2.05, 4.69) is 5.48 Å². The number of carbonyl (C=O) groups is 1. The number of amides is 1. The number of ether oxygens (including phenoxy) is 2. The zero-order valence-corrected chi connectivity index (χ0v) is 27.3. The van der Waals surface area contributed by atoms with Crippen LogP contribution in [0.2, 0.25) is 5.02 Å². The number of halogens is 1. The maximum atomic E-state index is 14.2. The highest BCUT2D eigenvalue weighted by Gasteiger charge is 2.51. The fourth-order valence-corrected chi connectivity index (χ4v) is 11.3. The van der Waals surface area contributed by atoms with Crippen molar-refractivity contribution >= 4 is 48.9 Å². The molecule has 3 aliphatic heterocycles. The first-order valence-electron chi connectivity index (χ1n) is 14.5. The van der Waals surface area contributed by atoms with Crippen LogP contribution in [0.5, 0.6) is 0 Å². The number of sulfone groups is 1. The quantitative estimate of drug-likeness (QED) is 0.398. The predicted octanol–water partition coefficient (Wildman–Crippen LogP) is 3.70. The van der Waals surface area contributed by atoms with E-state index in [4.69, 9.17) is 25.9 Å². The normalized spacial score (nSPS) is 26.1. The Balaban J connectivity index is 1.43. The number of carbonyl (C=O) groups excluding carboxylic acids is 1. The highest BCUT2D eigenvalue weighted by atomic mass is 35.5. The molecule has 1 aromatic heterocycles. The summed E-state index contributed by atoms with van der Waals surface area (Å²) in [7, 11) is -6.34. The van der Waals surface area contributed by atoms with Crippen LogP contribution in [-0.2, 0) is 43.9 Å². The molecule has 0 radical (unpaired) electrons. The van der Waals surface area contributed by atoms with Gasteiger partial charge in [0.2, 0.25) is 5.91 Å². The minimum atomic E-state index is -4.03. The largest absolute Gasteiger partial charge is 0.381 e. The second-order valence-electron chi connectivity index (χ2n) is 11.1. The van der Waals surface area contributed by atoms with Gasteiger partial charge >= 0.3 is 0 Å². The lowest BCUT2D eigenvalue weighted by Gasteiger charge is -2.34. The summed E-state index contributed by atoms with van der Waals surface area (Å²) in [6.45, 7) is 0.871. The van der Waals surface area contributed by atoms with Crippen molar-refractivity contribution in [1.82, 2.24) is 14.1 Å². The number of piperidine rings is 1. The molecule has 0 saturated carbocycles. The number of thiophene rings is 1. The molecule has 0 bridgehead atoms. The molecule has 1 aromatic carbocycles. The van der Waals surface area contributed by atoms with E-state index < -0.39 is 49.2 Å². The highest BCUT2D eigenvalue weighted by Crippen LogP contribution is 2.45. The summed E-state index contributed by atoms with van der Waals surface area (Å²) in [5.74, 6) is -1.04. The molecule has 0 aliphatic carbocycles. The monoisotopic (exact) mass is 675 g/mol. The van der Waals surface area contributed by atoms with Gasteiger partial charge in [0.25, 0.3) is 10.2 Å². The highest BCUT2D eigenvalue weighted by molar-refractivity contribution is 7.92. The predicted molar refractivity (Wildman–Crippen MR) is 164 cm³/mol. The van der Waals surface area contributed by atoms with Gasteiger partial charge in [0, 0.05) is 61.1 Å². The number of hydrogen-bond acceptors (Lipinski definition) is 9. The van der Waals surface area contributed by atoms with Crippen molar-refractivity contribution in [1.29, 1.82) is 0 Å². The first kappa shape index (κ1) is 32.8. The van der Waals surface area contributed by atoms with Gasteiger partial charge in [-0.2, -0.15) is 17.0 Å². The lowest BCUT2D eigenvalue weighted by Crippen LogP contribution is -2.49. The van der Waals surface area contributed by atoms with Crippen LogP contribution in [0.3, 0.4) is 0 Å². The number of methoxy groups -OCH3 is 1. The molecule has 3 saturated heterocycles. The Morgan fingerprint density at radius 2 is 1.79 bits per heavy atom. The maximum absolute atomic E-state index is 14.2. The van der Waals surface area contributed by atoms with E-state index >= 15 is 0 Å². The molecule has 43 heavy (non-hydrogen) atoms. The van der Waals surface area contributed by atoms with Gasteiger partial charge in [-0.25, -0.2) is 18.7 Å². The number of nitrogens with one attached hydrogen (secondary N) is 1. The summed E-state index contributed by atoms with van der Waals surface area (Å²) in [6, 6.07) is 10.7. The van der Waals surface area contributed by atoms with Crippen molar-refractivity contribution in [2.75, 3.05) is 45.6 Å². The molecule has 4 heterocycles. The van der Waals surface area contributed by atoms with Crippen molar-refractivity contribution in [3.8, 4) is 10.4 Å². The van der Waals surface area contributed by atoms with Crippen LogP contribution in [0.25, 0.3) is 10.4 Å². The molecule has 3 aliphatic rings. The fourth-order valence-electron chi connectivity index (χ4n) is 5.83. The van der Waals surface area contributed by atoms with Gasteiger partial charge in [0.15, 0.2) is 16.1 Å². The van der Waals surface area contributed by atoms with Crippen molar-refractivity contribution in [2.24, 2.45) is 0 Å². The van der Waals surface area contributed by atoms with Gasteiger partial charge in [-0.05, 0) is 61.9 Å². The first-order valence-corrected chi connectivity index (χ1v) is 18.7. The minimum absolute atomic E-state index is 0.00276. The molecule has 2 atom stereocenters. The molecule has 0 spiro atoms. The summed E-state index contributed by atoms with van der Waals surface area (Å²) >= 11 is 7.34. The summed E-state index contributed by atoms with van der Waals surface area (Å²) in [5.41, 5.74) is 3.26. The third-order valence-corrected chi connectivity index (χ3v) is 14.7. The molecule has 11 nitrogen and oxygen atoms in total. The molecule has 2 unspecified atom stereocenters. The van der Waals surface area contributed by atoms with Gasteiger partial charge in [0.05, 0.1) is 18.3 Å². The smallest absolute Gasteiger partial charge is 0.282 e. The zero-order chi connectivity index (χ0) is 30.7. The van der Waals surface area contributed by atoms with Gasteiger partial charge < -0.3 is 9.47 Å². The number of benzene rings is 1. The maximum Gasteiger partial charge on any atom is 0.282 e. The van der Waals surface area contributed by atoms with Crippen molar-refractivity contribution in [3.05, 3.63) is 46.3 Å². The third-order valence-electron chi connectivity index (χ3n) is 8.43. The molecule has 2 aromatic rings. The van der Waals surface area contributed by atoms with Gasteiger partial charge in [-0.3, -0.25) is 4.79 Å². The van der Waals surface area contributed by atoms with Gasteiger partial charge in [0.1, 0.15) is 4.75 Å². The zero-order valence-electron chi connectivity index (χ0n) is 24.1. The van der Waals surface area contributed by atoms with Crippen LogP contribution in [-0.4, -0.2) is 89.4 Å². The molecular weight excluding hydrogens is 638 g/mol. The number of hydroxylamine groups is 1. The standard InChI is InChI=1S/C28H38ClN3O8S3/c1-38-23-11-14-31(15-12-23)43(36,37)32-16-13-28(42(34,35)19-17-32,20-26(33)30-40-27-4-2-3-18-39-27)25-10-9-24(41-25)21-5-7-22(29)8-6-21/h5-10,23,27H,2-4,11-20H2,1H3,(H,30,33). The lowest BCUT2D eigenvalue weighted by atomic mass is 9.97. The van der Waals surface area contributed by atoms with E-state index in [1.54, 1.807) is 25.3 Å². The Kier molecular flexibility index (Phi) is 10.5. The van der Waals surface area contributed by atoms with Crippen molar-refractivity contribution < 1.29 is 35.9 Å². The molecular formula is C28H38ClN3O8S3.